The lowest BCUT2D eigenvalue weighted by atomic mass is 9.46. The highest BCUT2D eigenvalue weighted by Crippen LogP contribution is 2.69. The first-order chi connectivity index (χ1) is 20.2. The van der Waals surface area contributed by atoms with Gasteiger partial charge in [0.15, 0.2) is 5.60 Å². The van der Waals surface area contributed by atoms with Gasteiger partial charge in [0, 0.05) is 26.2 Å². The summed E-state index contributed by atoms with van der Waals surface area (Å²) in [4.78, 5) is 51.8. The van der Waals surface area contributed by atoms with Crippen LogP contribution in [0.1, 0.15) is 68.2 Å². The lowest BCUT2D eigenvalue weighted by Gasteiger charge is -2.65. The van der Waals surface area contributed by atoms with Crippen molar-refractivity contribution in [3.63, 3.8) is 0 Å². The van der Waals surface area contributed by atoms with Crippen molar-refractivity contribution in [3.8, 4) is 0 Å². The van der Waals surface area contributed by atoms with Crippen LogP contribution >= 0.6 is 0 Å². The van der Waals surface area contributed by atoms with Crippen molar-refractivity contribution in [1.29, 1.82) is 0 Å². The SMILES string of the molecule is CC(=O)OC[C@]12[C@@H](OC(=O)c3ccoc3)C[C@@H]3[C@@H](OC(=O)c4ccccc4)[C@]1(OC3(C)C)[C@@](C)(O)C[C@H](O)[C@@H]2OC(C)=O. The van der Waals surface area contributed by atoms with Crippen molar-refractivity contribution in [2.24, 2.45) is 11.3 Å². The molecule has 8 atom stereocenters. The first kappa shape index (κ1) is 30.7. The number of esters is 4. The van der Waals surface area contributed by atoms with Crippen LogP contribution in [0.25, 0.3) is 0 Å². The number of furan rings is 1. The topological polar surface area (TPSA) is 168 Å². The molecule has 2 aromatic rings. The molecule has 232 valence electrons. The number of hydrogen-bond acceptors (Lipinski definition) is 12. The van der Waals surface area contributed by atoms with Crippen LogP contribution in [0.15, 0.2) is 53.3 Å². The van der Waals surface area contributed by atoms with E-state index in [0.717, 1.165) is 13.8 Å². The lowest BCUT2D eigenvalue weighted by Crippen LogP contribution is -2.83. The molecule has 2 aliphatic carbocycles. The molecule has 2 heterocycles. The molecule has 2 saturated carbocycles. The largest absolute Gasteiger partial charge is 0.472 e. The molecule has 1 aromatic heterocycles. The fourth-order valence-electron chi connectivity index (χ4n) is 7.49. The zero-order valence-corrected chi connectivity index (χ0v) is 24.6. The quantitative estimate of drug-likeness (QED) is 0.353. The predicted octanol–water partition coefficient (Wildman–Crippen LogP) is 2.59. The van der Waals surface area contributed by atoms with Gasteiger partial charge in [-0.15, -0.1) is 0 Å². The Balaban J connectivity index is 1.76. The first-order valence-corrected chi connectivity index (χ1v) is 14.1. The summed E-state index contributed by atoms with van der Waals surface area (Å²) in [5.41, 5.74) is -6.79. The third-order valence-corrected chi connectivity index (χ3v) is 9.14. The second kappa shape index (κ2) is 10.8. The minimum absolute atomic E-state index is 0.0348. The van der Waals surface area contributed by atoms with Gasteiger partial charge in [-0.1, -0.05) is 18.2 Å². The van der Waals surface area contributed by atoms with Crippen molar-refractivity contribution < 1.29 is 57.5 Å². The molecule has 12 heteroatoms. The molecule has 1 aromatic carbocycles. The fraction of sp³-hybridized carbons (Fsp3) is 0.548. The first-order valence-electron chi connectivity index (χ1n) is 14.1. The molecule has 1 aliphatic heterocycles. The van der Waals surface area contributed by atoms with E-state index in [1.54, 1.807) is 44.2 Å². The molecular weight excluding hydrogens is 564 g/mol. The van der Waals surface area contributed by atoms with E-state index in [0.29, 0.717) is 0 Å². The third kappa shape index (κ3) is 4.81. The number of ether oxygens (including phenoxy) is 5. The summed E-state index contributed by atoms with van der Waals surface area (Å²) in [5.74, 6) is -3.72. The Labute approximate surface area is 248 Å². The van der Waals surface area contributed by atoms with Gasteiger partial charge in [-0.3, -0.25) is 9.59 Å². The summed E-state index contributed by atoms with van der Waals surface area (Å²) >= 11 is 0. The Morgan fingerprint density at radius 2 is 1.58 bits per heavy atom. The monoisotopic (exact) mass is 600 g/mol. The second-order valence-corrected chi connectivity index (χ2v) is 12.3. The van der Waals surface area contributed by atoms with E-state index in [1.807, 2.05) is 0 Å². The van der Waals surface area contributed by atoms with Crippen LogP contribution in [0.2, 0.25) is 0 Å². The molecule has 3 fully saturated rings. The number of carbonyl (C=O) groups is 4. The molecule has 43 heavy (non-hydrogen) atoms. The van der Waals surface area contributed by atoms with Crippen molar-refractivity contribution >= 4 is 23.9 Å². The molecule has 12 nitrogen and oxygen atoms in total. The van der Waals surface area contributed by atoms with Gasteiger partial charge in [0.25, 0.3) is 0 Å². The van der Waals surface area contributed by atoms with Gasteiger partial charge in [0.1, 0.15) is 36.6 Å². The van der Waals surface area contributed by atoms with Crippen LogP contribution in [-0.2, 0) is 33.3 Å². The standard InChI is InChI=1S/C31H36O12/c1-17(32)39-16-30-23(41-27(36)20-11-12-38-15-20)13-21-24(42-26(35)19-9-7-6-8-10-19)31(30,43-28(21,3)4)29(5,37)14-22(34)25(30)40-18(2)33/h6-12,15,21-25,34,37H,13-14,16H2,1-5H3/t21-,22+,23+,24-,25+,29+,30-,31+/m1/s1. The summed E-state index contributed by atoms with van der Waals surface area (Å²) in [5, 5.41) is 23.8. The van der Waals surface area contributed by atoms with Crippen LogP contribution in [0.3, 0.4) is 0 Å². The molecule has 0 unspecified atom stereocenters. The minimum Gasteiger partial charge on any atom is -0.472 e. The maximum absolute atomic E-state index is 13.6. The highest BCUT2D eigenvalue weighted by Gasteiger charge is 2.86. The summed E-state index contributed by atoms with van der Waals surface area (Å²) in [6, 6.07) is 9.63. The third-order valence-electron chi connectivity index (χ3n) is 9.14. The number of aliphatic hydroxyl groups excluding tert-OH is 1. The van der Waals surface area contributed by atoms with Crippen LogP contribution in [0.4, 0.5) is 0 Å². The van der Waals surface area contributed by atoms with Crippen LogP contribution in [-0.4, -0.2) is 81.9 Å². The van der Waals surface area contributed by atoms with E-state index >= 15 is 0 Å². The van der Waals surface area contributed by atoms with Gasteiger partial charge in [-0.2, -0.15) is 0 Å². The van der Waals surface area contributed by atoms with E-state index in [9.17, 15) is 29.4 Å². The highest BCUT2D eigenvalue weighted by atomic mass is 16.6. The number of carbonyl (C=O) groups excluding carboxylic acids is 4. The Morgan fingerprint density at radius 3 is 2.19 bits per heavy atom. The van der Waals surface area contributed by atoms with Gasteiger partial charge in [0.2, 0.25) is 0 Å². The molecule has 3 aliphatic rings. The van der Waals surface area contributed by atoms with Gasteiger partial charge < -0.3 is 38.3 Å². The summed E-state index contributed by atoms with van der Waals surface area (Å²) in [7, 11) is 0. The van der Waals surface area contributed by atoms with Gasteiger partial charge in [-0.25, -0.2) is 9.59 Å². The zero-order valence-electron chi connectivity index (χ0n) is 24.6. The van der Waals surface area contributed by atoms with E-state index in [4.69, 9.17) is 28.1 Å². The Morgan fingerprint density at radius 1 is 0.907 bits per heavy atom. The van der Waals surface area contributed by atoms with E-state index < -0.39 is 83.0 Å². The van der Waals surface area contributed by atoms with Crippen molar-refractivity contribution in [2.45, 2.75) is 88.7 Å². The average Bonchev–Trinajstić information content (AvgIpc) is 3.52. The average molecular weight is 601 g/mol. The number of rotatable bonds is 7. The highest BCUT2D eigenvalue weighted by molar-refractivity contribution is 5.90. The van der Waals surface area contributed by atoms with Crippen molar-refractivity contribution in [2.75, 3.05) is 6.61 Å². The molecule has 2 N–H and O–H groups in total. The molecule has 1 spiro atoms. The Bertz CT molecular complexity index is 1380. The molecule has 2 bridgehead atoms. The predicted molar refractivity (Wildman–Crippen MR) is 145 cm³/mol. The van der Waals surface area contributed by atoms with Crippen molar-refractivity contribution in [1.82, 2.24) is 0 Å². The number of aliphatic hydroxyl groups is 2. The fourth-order valence-corrected chi connectivity index (χ4v) is 7.49. The maximum Gasteiger partial charge on any atom is 0.341 e. The lowest BCUT2D eigenvalue weighted by molar-refractivity contribution is -0.354. The molecule has 0 radical (unpaired) electrons. The maximum atomic E-state index is 13.6. The van der Waals surface area contributed by atoms with Crippen LogP contribution < -0.4 is 0 Å². The smallest absolute Gasteiger partial charge is 0.341 e. The number of hydrogen-bond donors (Lipinski definition) is 2. The van der Waals surface area contributed by atoms with Gasteiger partial charge >= 0.3 is 23.9 Å². The van der Waals surface area contributed by atoms with E-state index in [-0.39, 0.29) is 24.0 Å². The number of fused-ring (bicyclic) bond motifs is 1. The Kier molecular flexibility index (Phi) is 7.68. The summed E-state index contributed by atoms with van der Waals surface area (Å²) in [6.45, 7) is 6.56. The minimum atomic E-state index is -2.02. The molecule has 1 saturated heterocycles. The van der Waals surface area contributed by atoms with E-state index in [1.165, 1.54) is 25.5 Å². The number of benzene rings is 1. The second-order valence-electron chi connectivity index (χ2n) is 12.3. The molecular formula is C31H36O12. The summed E-state index contributed by atoms with van der Waals surface area (Å²) in [6.07, 6.45) is -3.49. The normalized spacial score (nSPS) is 35.7. The van der Waals surface area contributed by atoms with Crippen LogP contribution in [0, 0.1) is 11.3 Å². The summed E-state index contributed by atoms with van der Waals surface area (Å²) < 4.78 is 35.4. The van der Waals surface area contributed by atoms with Gasteiger partial charge in [-0.05, 0) is 45.4 Å². The molecule has 0 amide bonds. The van der Waals surface area contributed by atoms with Gasteiger partial charge in [0.05, 0.1) is 34.7 Å². The van der Waals surface area contributed by atoms with Crippen LogP contribution in [0.5, 0.6) is 0 Å². The van der Waals surface area contributed by atoms with Crippen molar-refractivity contribution in [3.05, 3.63) is 60.1 Å². The zero-order chi connectivity index (χ0) is 31.4. The molecule has 5 rings (SSSR count). The Hall–Kier alpha value is -3.74. The van der Waals surface area contributed by atoms with E-state index in [2.05, 4.69) is 0 Å².